The van der Waals surface area contributed by atoms with Crippen molar-refractivity contribution < 1.29 is 9.36 Å². The average Bonchev–Trinajstić information content (AvgIpc) is 2.63. The highest BCUT2D eigenvalue weighted by Crippen LogP contribution is 2.61. The van der Waals surface area contributed by atoms with Gasteiger partial charge in [0.15, 0.2) is 16.1 Å². The molecular weight excluding hydrogens is 550 g/mol. The molecule has 0 fully saturated rings. The highest BCUT2D eigenvalue weighted by atomic mass is 36.0. The van der Waals surface area contributed by atoms with Gasteiger partial charge in [-0.1, -0.05) is 34.8 Å². The van der Waals surface area contributed by atoms with Crippen LogP contribution in [0.3, 0.4) is 0 Å². The number of pyridine rings is 2. The monoisotopic (exact) mass is 559 g/mol. The second-order valence-electron chi connectivity index (χ2n) is 5.90. The fourth-order valence-corrected chi connectivity index (χ4v) is 3.16. The summed E-state index contributed by atoms with van der Waals surface area (Å²) in [6.07, 6.45) is 3.29. The number of hydrogen-bond acceptors (Lipinski definition) is 7. The highest BCUT2D eigenvalue weighted by Gasteiger charge is 2.18. The van der Waals surface area contributed by atoms with Crippen LogP contribution in [0.15, 0.2) is 23.5 Å². The molecule has 1 aliphatic rings. The van der Waals surface area contributed by atoms with Gasteiger partial charge in [0.2, 0.25) is 0 Å². The Morgan fingerprint density at radius 2 is 1.48 bits per heavy atom. The minimum Gasteiger partial charge on any atom is -0.294 e. The van der Waals surface area contributed by atoms with Crippen LogP contribution in [0.4, 0.5) is 5.69 Å². The van der Waals surface area contributed by atoms with Crippen LogP contribution in [-0.4, -0.2) is 31.9 Å². The molecule has 0 radical (unpaired) electrons. The van der Waals surface area contributed by atoms with Crippen LogP contribution in [0, 0.1) is 13.8 Å². The Morgan fingerprint density at radius 3 is 2.13 bits per heavy atom. The fraction of sp³-hybridized carbons (Fsp3) is 0.176. The zero-order valence-corrected chi connectivity index (χ0v) is 21.2. The van der Waals surface area contributed by atoms with Gasteiger partial charge in [-0.15, -0.1) is 0 Å². The van der Waals surface area contributed by atoms with E-state index < -0.39 is 5.20 Å². The summed E-state index contributed by atoms with van der Waals surface area (Å²) in [6.45, 7) is 3.65. The molecule has 4 rings (SSSR count). The molecule has 7 nitrogen and oxygen atoms in total. The van der Waals surface area contributed by atoms with Crippen LogP contribution < -0.4 is 0 Å². The fourth-order valence-electron chi connectivity index (χ4n) is 2.41. The van der Waals surface area contributed by atoms with Gasteiger partial charge in [-0.05, 0) is 59.7 Å². The number of aryl methyl sites for hydroxylation is 2. The van der Waals surface area contributed by atoms with Gasteiger partial charge in [-0.2, -0.15) is 0 Å². The molecule has 0 unspecified atom stereocenters. The minimum absolute atomic E-state index is 0.0531. The first-order valence-electron chi connectivity index (χ1n) is 8.22. The number of carbonyl (C=O) groups is 1. The largest absolute Gasteiger partial charge is 0.339 e. The average molecular weight is 562 g/mol. The molecule has 0 atom stereocenters. The number of hydrogen-bond donors (Lipinski definition) is 0. The number of fused-ring (bicyclic) bond motifs is 2. The Kier molecular flexibility index (Phi) is 9.46. The quantitative estimate of drug-likeness (QED) is 0.158. The van der Waals surface area contributed by atoms with Crippen molar-refractivity contribution in [1.29, 1.82) is 0 Å². The van der Waals surface area contributed by atoms with E-state index >= 15 is 0 Å². The first kappa shape index (κ1) is 26.2. The van der Waals surface area contributed by atoms with Crippen LogP contribution in [0.25, 0.3) is 10.9 Å². The van der Waals surface area contributed by atoms with Crippen molar-refractivity contribution in [2.75, 3.05) is 0 Å². The zero-order chi connectivity index (χ0) is 23.3. The van der Waals surface area contributed by atoms with E-state index in [-0.39, 0.29) is 5.78 Å². The lowest BCUT2D eigenvalue weighted by molar-refractivity contribution is 0.100. The lowest BCUT2D eigenvalue weighted by atomic mass is 10.1. The smallest absolute Gasteiger partial charge is 0.294 e. The van der Waals surface area contributed by atoms with Crippen molar-refractivity contribution >= 4 is 102 Å². The van der Waals surface area contributed by atoms with E-state index in [1.54, 1.807) is 19.2 Å². The van der Waals surface area contributed by atoms with Crippen LogP contribution in [0.5, 0.6) is 0 Å². The molecular formula is C17H12Cl6N5O2P. The summed E-state index contributed by atoms with van der Waals surface area (Å²) in [5.41, 5.74) is 3.22. The molecule has 0 N–H and O–H groups in total. The van der Waals surface area contributed by atoms with E-state index in [1.165, 1.54) is 6.33 Å². The molecule has 0 amide bonds. The van der Waals surface area contributed by atoms with Gasteiger partial charge in [0.25, 0.3) is 0 Å². The van der Waals surface area contributed by atoms with E-state index in [0.29, 0.717) is 38.6 Å². The molecule has 0 saturated carbocycles. The third-order valence-corrected chi connectivity index (χ3v) is 4.36. The minimum atomic E-state index is -3.22. The van der Waals surface area contributed by atoms with Gasteiger partial charge < -0.3 is 0 Å². The van der Waals surface area contributed by atoms with Gasteiger partial charge in [-0.3, -0.25) is 14.4 Å². The molecule has 0 saturated heterocycles. The molecule has 0 spiro atoms. The maximum Gasteiger partial charge on any atom is 0.339 e. The van der Waals surface area contributed by atoms with Gasteiger partial charge in [0.1, 0.15) is 22.7 Å². The topological polar surface area (TPSA) is 98.1 Å². The van der Waals surface area contributed by atoms with Crippen LogP contribution >= 0.6 is 73.7 Å². The number of ketones is 1. The van der Waals surface area contributed by atoms with Crippen molar-refractivity contribution in [3.8, 4) is 0 Å². The van der Waals surface area contributed by atoms with E-state index in [4.69, 9.17) is 34.8 Å². The van der Waals surface area contributed by atoms with Crippen LogP contribution in [0.2, 0.25) is 15.5 Å². The number of carbonyl (C=O) groups excluding carboxylic acids is 1. The predicted molar refractivity (Wildman–Crippen MR) is 128 cm³/mol. The van der Waals surface area contributed by atoms with Crippen molar-refractivity contribution in [2.24, 2.45) is 4.99 Å². The van der Waals surface area contributed by atoms with E-state index in [9.17, 15) is 9.36 Å². The van der Waals surface area contributed by atoms with Crippen molar-refractivity contribution in [3.05, 3.63) is 50.9 Å². The number of halogens is 6. The maximum absolute atomic E-state index is 11.4. The number of rotatable bonds is 0. The Morgan fingerprint density at radius 1 is 0.903 bits per heavy atom. The van der Waals surface area contributed by atoms with Crippen molar-refractivity contribution in [1.82, 2.24) is 19.9 Å². The number of aromatic nitrogens is 4. The number of Topliss-reactive ketones (excluding diaryl/α,β-unsaturated/α-hetero) is 1. The summed E-state index contributed by atoms with van der Waals surface area (Å²) in [5.74, 6) is 0.0531. The lowest BCUT2D eigenvalue weighted by Gasteiger charge is -2.09. The first-order chi connectivity index (χ1) is 14.4. The molecule has 3 aromatic rings. The summed E-state index contributed by atoms with van der Waals surface area (Å²) >= 11 is 31.4. The molecule has 164 valence electrons. The molecule has 14 heteroatoms. The standard InChI is InChI=1S/C9H7ClN2O.C8H5Cl2N3.Cl3OP/c1-5-4-6-7(13)2-3-11-8(6)9(10)12-5;1-4-2-5-6(8(10)13-4)11-3-12-7(5)9;1-5(2,3)4/h3-4H,2H2,1H3;2-3H,1H3;. The number of aliphatic imine (C=N–C) groups is 1. The second-order valence-corrected chi connectivity index (χ2v) is 13.6. The third kappa shape index (κ3) is 8.10. The summed E-state index contributed by atoms with van der Waals surface area (Å²) in [6, 6.07) is 3.53. The Bertz CT molecular complexity index is 1210. The highest BCUT2D eigenvalue weighted by molar-refractivity contribution is 8.24. The van der Waals surface area contributed by atoms with Crippen molar-refractivity contribution in [2.45, 2.75) is 20.3 Å². The molecule has 0 aliphatic carbocycles. The molecule has 1 aliphatic heterocycles. The van der Waals surface area contributed by atoms with Gasteiger partial charge in [0, 0.05) is 35.0 Å². The number of nitrogens with zero attached hydrogens (tertiary/aromatic N) is 5. The van der Waals surface area contributed by atoms with Gasteiger partial charge >= 0.3 is 5.20 Å². The summed E-state index contributed by atoms with van der Waals surface area (Å²) in [7, 11) is 0. The first-order valence-corrected chi connectivity index (χ1v) is 13.8. The summed E-state index contributed by atoms with van der Waals surface area (Å²) < 4.78 is 9.51. The van der Waals surface area contributed by atoms with Crippen LogP contribution in [0.1, 0.15) is 28.2 Å². The van der Waals surface area contributed by atoms with Crippen LogP contribution in [-0.2, 0) is 4.57 Å². The second kappa shape index (κ2) is 11.2. The van der Waals surface area contributed by atoms with E-state index in [0.717, 1.165) is 16.8 Å². The van der Waals surface area contributed by atoms with E-state index in [2.05, 4.69) is 58.7 Å². The van der Waals surface area contributed by atoms with Gasteiger partial charge in [0.05, 0.1) is 0 Å². The van der Waals surface area contributed by atoms with Gasteiger partial charge in [-0.25, -0.2) is 19.9 Å². The Labute approximate surface area is 206 Å². The van der Waals surface area contributed by atoms with Crippen molar-refractivity contribution in [3.63, 3.8) is 0 Å². The molecule has 0 aromatic carbocycles. The third-order valence-electron chi connectivity index (χ3n) is 3.53. The normalized spacial score (nSPS) is 12.5. The lowest BCUT2D eigenvalue weighted by Crippen LogP contribution is -2.06. The molecule has 31 heavy (non-hydrogen) atoms. The molecule has 4 heterocycles. The zero-order valence-electron chi connectivity index (χ0n) is 15.8. The SMILES string of the molecule is Cc1cc2c(Cl)ncnc2c(Cl)n1.Cc1cc2c(c(Cl)n1)N=CCC2=O.O=P(Cl)(Cl)Cl. The Balaban J connectivity index is 0.000000182. The predicted octanol–water partition coefficient (Wildman–Crippen LogP) is 7.78. The summed E-state index contributed by atoms with van der Waals surface area (Å²) in [4.78, 5) is 31.4. The Hall–Kier alpha value is -1.05. The summed E-state index contributed by atoms with van der Waals surface area (Å²) in [5, 5.41) is -1.42. The molecule has 0 bridgehead atoms. The maximum atomic E-state index is 11.4. The molecule has 3 aromatic heterocycles. The van der Waals surface area contributed by atoms with E-state index in [1.807, 2.05) is 13.0 Å².